The first-order valence-electron chi connectivity index (χ1n) is 55.5. The van der Waals surface area contributed by atoms with E-state index in [2.05, 4.69) is 183 Å². The van der Waals surface area contributed by atoms with E-state index in [0.29, 0.717) is 54.0 Å². The smallest absolute Gasteiger partial charge is 0.338 e. The number of ether oxygens (including phenoxy) is 2. The minimum atomic E-state index is -0.299. The van der Waals surface area contributed by atoms with Gasteiger partial charge in [-0.05, 0) is 390 Å². The van der Waals surface area contributed by atoms with Crippen LogP contribution in [0.4, 0.5) is 0 Å². The summed E-state index contributed by atoms with van der Waals surface area (Å²) in [5.74, 6) is 0.674. The lowest BCUT2D eigenvalue weighted by Crippen LogP contribution is -2.57. The highest BCUT2D eigenvalue weighted by molar-refractivity contribution is 7.98. The molecule has 5 amide bonds. The first-order valence-corrected chi connectivity index (χ1v) is 56.7. The third-order valence-electron chi connectivity index (χ3n) is 36.7. The van der Waals surface area contributed by atoms with Crippen molar-refractivity contribution >= 4 is 47.3 Å². The highest BCUT2D eigenvalue weighted by atomic mass is 32.2. The molecule has 10 aliphatic heterocycles. The Morgan fingerprint density at radius 2 is 0.696 bits per heavy atom. The molecule has 10 saturated heterocycles. The number of nitrogens with zero attached hydrogens (tertiary/aromatic N) is 7. The van der Waals surface area contributed by atoms with E-state index in [4.69, 9.17) is 9.47 Å². The molecule has 21 rings (SSSR count). The number of unbranched alkanes of at least 4 members (excludes halogenated alkanes) is 1. The molecule has 21 heteroatoms. The van der Waals surface area contributed by atoms with E-state index in [9.17, 15) is 28.8 Å². The summed E-state index contributed by atoms with van der Waals surface area (Å²) in [5, 5.41) is 18.1. The summed E-state index contributed by atoms with van der Waals surface area (Å²) >= 11 is 1.52. The van der Waals surface area contributed by atoms with Crippen molar-refractivity contribution < 1.29 is 38.2 Å². The number of thioether (sulfide) groups is 1. The van der Waals surface area contributed by atoms with Gasteiger partial charge in [0.25, 0.3) is 29.5 Å². The standard InChI is InChI=1S/C27H34N2O3.C27H36N2O.C26H34N2O2.C24H30N2O.C23H28N4OS/c1-5-17-32-26(31)21-11-9-20(10-12-21)24(27-15-13-22(14-16-27)29(27)4)28-25(30)23-18(2)7-6-8-19(23)3;1-5-6-11-21-12-8-13-22(18-21)25(27-16-14-23(15-17-27)29(27)4)28-26(30)24-19(2)9-7-10-20(24)3;1-5-17-30-22-11-9-20(10-12-22)24(26-15-13-21(14-16-26)28(26)4)27-25(29)23-18(2)7-6-8-19(23)3;1-16-8-10-19(11-9-16)22(24-14-12-20(13-15-24)26(24)4)25-23(27)21-17(2)6-5-7-18(21)3;1-29-22-19(6-3-13-25-22)21(28)26-20(16-9-14-24-15-10-16)23-11-7-18(8-12-23)27(23)17-4-2-5-17/h6-12,22,24H,5,13-17H2,1-4H3,(H,28,30);7-10,12-13,18,23,25H,5-6,11,14-17H2,1-4H3,(H,28,30);6-12,21,24H,5,13-17H2,1-4H3,(H,27,29);5-11,20,22H,12-15H2,1-4H3,(H,25,27);3,6,9-10,13-15,17-18,20H,2,4-5,7-8,11-12H2,1H3,(H,26,28). The Labute approximate surface area is 885 Å². The number of carbonyl (C=O) groups excluding carboxylic acids is 6. The quantitative estimate of drug-likeness (QED) is 0.0201. The minimum absolute atomic E-state index is 0.0112. The zero-order valence-corrected chi connectivity index (χ0v) is 91.9. The number of carbonyl (C=O) groups is 6. The van der Waals surface area contributed by atoms with E-state index in [0.717, 1.165) is 197 Å². The first-order chi connectivity index (χ1) is 71.4. The van der Waals surface area contributed by atoms with Crippen LogP contribution in [0.2, 0.25) is 0 Å². The number of hydrogen-bond acceptors (Lipinski definition) is 16. The molecule has 10 bridgehead atoms. The Kier molecular flexibility index (Phi) is 34.4. The molecule has 0 radical (unpaired) electrons. The number of benzene rings is 8. The van der Waals surface area contributed by atoms with E-state index in [-0.39, 0.29) is 93.4 Å². The molecular formula is C127H162N12O8S. The summed E-state index contributed by atoms with van der Waals surface area (Å²) in [6.45, 7) is 25.7. The van der Waals surface area contributed by atoms with E-state index >= 15 is 0 Å². The number of fused-ring (bicyclic) bond motifs is 10. The van der Waals surface area contributed by atoms with Gasteiger partial charge >= 0.3 is 5.97 Å². The van der Waals surface area contributed by atoms with Gasteiger partial charge in [-0.3, -0.25) is 53.5 Å². The second kappa shape index (κ2) is 47.2. The Hall–Kier alpha value is -11.2. The number of rotatable bonds is 31. The molecule has 11 fully saturated rings. The Balaban J connectivity index is 0.000000126. The van der Waals surface area contributed by atoms with Crippen LogP contribution in [0, 0.1) is 62.3 Å². The molecule has 784 valence electrons. The normalized spacial score (nSPS) is 24.9. The third kappa shape index (κ3) is 21.9. The van der Waals surface area contributed by atoms with Crippen molar-refractivity contribution in [1.29, 1.82) is 0 Å². The van der Waals surface area contributed by atoms with Crippen molar-refractivity contribution in [2.75, 3.05) is 47.7 Å². The number of amides is 5. The average molecular weight is 2020 g/mol. The Morgan fingerprint density at radius 3 is 1.05 bits per heavy atom. The Morgan fingerprint density at radius 1 is 0.358 bits per heavy atom. The molecule has 1 aliphatic carbocycles. The maximum atomic E-state index is 13.5. The topological polar surface area (TPSA) is 223 Å². The SMILES string of the molecule is CCCCc1cccc(C(NC(=O)c2c(C)cccc2C)C23CCC(CC2)N3C)c1.CCCOC(=O)c1ccc(C(NC(=O)c2c(C)cccc2C)C23CCC(CC2)N3C)cc1.CCCOc1ccc(C(NC(=O)c2c(C)cccc2C)C23CCC(CC2)N3C)cc1.CSc1ncccc1C(=O)NC(c1ccncc1)C12CCC(CC1)N2C1CCC1.Cc1ccc(C(NC(=O)c2c(C)cccc2C)C23CCC(CC2)N3C)cc1. The van der Waals surface area contributed by atoms with Gasteiger partial charge in [0.15, 0.2) is 0 Å². The van der Waals surface area contributed by atoms with Crippen LogP contribution in [-0.2, 0) is 11.2 Å². The lowest BCUT2D eigenvalue weighted by molar-refractivity contribution is 0.0257. The van der Waals surface area contributed by atoms with Gasteiger partial charge in [0.2, 0.25) is 0 Å². The highest BCUT2D eigenvalue weighted by Crippen LogP contribution is 2.59. The van der Waals surface area contributed by atoms with Crippen LogP contribution in [0.15, 0.2) is 218 Å². The Bertz CT molecular complexity index is 6200. The van der Waals surface area contributed by atoms with Crippen LogP contribution in [-0.4, -0.2) is 182 Å². The number of aryl methyl sites for hydroxylation is 10. The lowest BCUT2D eigenvalue weighted by Gasteiger charge is -2.48. The van der Waals surface area contributed by atoms with Gasteiger partial charge in [0, 0.05) is 105 Å². The van der Waals surface area contributed by atoms with E-state index in [1.807, 2.05) is 202 Å². The summed E-state index contributed by atoms with van der Waals surface area (Å²) in [7, 11) is 8.95. The third-order valence-corrected chi connectivity index (χ3v) is 37.5. The summed E-state index contributed by atoms with van der Waals surface area (Å²) < 4.78 is 11.1. The number of likely N-dealkylation sites (N-methyl/N-ethyl adjacent to an activating group) is 4. The van der Waals surface area contributed by atoms with Gasteiger partial charge < -0.3 is 36.1 Å². The van der Waals surface area contributed by atoms with Crippen LogP contribution in [0.25, 0.3) is 0 Å². The summed E-state index contributed by atoms with van der Waals surface area (Å²) in [5.41, 5.74) is 21.0. The first kappa shape index (κ1) is 108. The van der Waals surface area contributed by atoms with Crippen molar-refractivity contribution in [2.24, 2.45) is 0 Å². The predicted octanol–water partition coefficient (Wildman–Crippen LogP) is 24.8. The molecule has 5 N–H and O–H groups in total. The fourth-order valence-corrected chi connectivity index (χ4v) is 28.9. The molecule has 12 heterocycles. The zero-order valence-electron chi connectivity index (χ0n) is 91.1. The van der Waals surface area contributed by atoms with Crippen molar-refractivity contribution in [3.63, 3.8) is 0 Å². The number of esters is 1. The molecule has 148 heavy (non-hydrogen) atoms. The van der Waals surface area contributed by atoms with Gasteiger partial charge in [0.1, 0.15) is 10.8 Å². The van der Waals surface area contributed by atoms with Gasteiger partial charge in [-0.2, -0.15) is 0 Å². The summed E-state index contributed by atoms with van der Waals surface area (Å²) in [6.07, 6.45) is 40.1. The van der Waals surface area contributed by atoms with Crippen LogP contribution in [0.3, 0.4) is 0 Å². The number of nitrogens with one attached hydrogen (secondary N) is 5. The van der Waals surface area contributed by atoms with Crippen molar-refractivity contribution in [3.05, 3.63) is 330 Å². The highest BCUT2D eigenvalue weighted by Gasteiger charge is 2.62. The van der Waals surface area contributed by atoms with Gasteiger partial charge in [0.05, 0.1) is 54.5 Å². The van der Waals surface area contributed by atoms with Crippen LogP contribution >= 0.6 is 11.8 Å². The van der Waals surface area contributed by atoms with Gasteiger partial charge in [-0.25, -0.2) is 9.78 Å². The number of aromatic nitrogens is 2. The molecule has 1 saturated carbocycles. The molecule has 2 aromatic heterocycles. The molecule has 11 aliphatic rings. The zero-order chi connectivity index (χ0) is 105. The molecule has 20 nitrogen and oxygen atoms in total. The maximum absolute atomic E-state index is 13.5. The van der Waals surface area contributed by atoms with E-state index in [1.165, 1.54) is 117 Å². The largest absolute Gasteiger partial charge is 0.494 e. The minimum Gasteiger partial charge on any atom is -0.494 e. The molecule has 10 aromatic rings. The van der Waals surface area contributed by atoms with Gasteiger partial charge in [-0.15, -0.1) is 11.8 Å². The molecule has 5 unspecified atom stereocenters. The van der Waals surface area contributed by atoms with E-state index < -0.39 is 0 Å². The van der Waals surface area contributed by atoms with Crippen LogP contribution < -0.4 is 31.3 Å². The van der Waals surface area contributed by atoms with Crippen molar-refractivity contribution in [2.45, 2.75) is 362 Å². The maximum Gasteiger partial charge on any atom is 0.338 e. The summed E-state index contributed by atoms with van der Waals surface area (Å²) in [6, 6.07) is 69.4. The van der Waals surface area contributed by atoms with Crippen molar-refractivity contribution in [1.82, 2.24) is 61.1 Å². The van der Waals surface area contributed by atoms with E-state index in [1.54, 1.807) is 6.20 Å². The molecule has 8 aromatic carbocycles. The lowest BCUT2D eigenvalue weighted by atomic mass is 9.77. The predicted molar refractivity (Wildman–Crippen MR) is 596 cm³/mol. The molecule has 0 spiro atoms. The van der Waals surface area contributed by atoms with Crippen LogP contribution in [0.1, 0.15) is 370 Å². The van der Waals surface area contributed by atoms with Crippen molar-refractivity contribution in [3.8, 4) is 5.75 Å². The van der Waals surface area contributed by atoms with Crippen LogP contribution in [0.5, 0.6) is 5.75 Å². The fourth-order valence-electron chi connectivity index (χ4n) is 28.3. The molecular weight excluding hydrogens is 1850 g/mol. The molecule has 5 atom stereocenters. The second-order valence-corrected chi connectivity index (χ2v) is 45.8. The average Bonchev–Trinajstić information content (AvgIpc) is 1.53. The monoisotopic (exact) mass is 2020 g/mol. The second-order valence-electron chi connectivity index (χ2n) is 45.0. The van der Waals surface area contributed by atoms with Gasteiger partial charge in [-0.1, -0.05) is 185 Å². The summed E-state index contributed by atoms with van der Waals surface area (Å²) in [4.78, 5) is 101. The number of hydrogen-bond donors (Lipinski definition) is 5. The fraction of sp³-hybridized carbons (Fsp3) is 0.496. The number of pyridine rings is 2.